The molecule has 0 fully saturated rings. The van der Waals surface area contributed by atoms with Crippen LogP contribution in [-0.4, -0.2) is 15.7 Å². The molecule has 8 heteroatoms. The Bertz CT molecular complexity index is 923. The monoisotopic (exact) mass is 381 g/mol. The molecule has 0 aliphatic carbocycles. The van der Waals surface area contributed by atoms with E-state index in [1.165, 1.54) is 23.0 Å². The standard InChI is InChI=1S/C17H11Cl2F2N3O/c18-11-4-1-3-10(16(11)19)9-24-14(7-8-22-24)23-17(25)15-12(20)5-2-6-13(15)21/h1-8H,9H2,(H,23,25). The summed E-state index contributed by atoms with van der Waals surface area (Å²) in [5.74, 6) is -2.53. The zero-order valence-corrected chi connectivity index (χ0v) is 14.2. The van der Waals surface area contributed by atoms with Crippen LogP contribution < -0.4 is 5.32 Å². The van der Waals surface area contributed by atoms with E-state index in [-0.39, 0.29) is 12.4 Å². The van der Waals surface area contributed by atoms with Crippen molar-refractivity contribution in [2.45, 2.75) is 6.54 Å². The summed E-state index contributed by atoms with van der Waals surface area (Å²) in [6, 6.07) is 9.88. The molecule has 0 radical (unpaired) electrons. The van der Waals surface area contributed by atoms with Gasteiger partial charge in [-0.15, -0.1) is 0 Å². The first-order chi connectivity index (χ1) is 12.0. The van der Waals surface area contributed by atoms with Crippen LogP contribution in [0.4, 0.5) is 14.6 Å². The molecule has 0 bridgehead atoms. The number of amides is 1. The minimum Gasteiger partial charge on any atom is -0.307 e. The van der Waals surface area contributed by atoms with Gasteiger partial charge in [0.25, 0.3) is 5.91 Å². The van der Waals surface area contributed by atoms with Crippen LogP contribution in [0.5, 0.6) is 0 Å². The summed E-state index contributed by atoms with van der Waals surface area (Å²) in [6.07, 6.45) is 1.45. The van der Waals surface area contributed by atoms with Gasteiger partial charge in [-0.05, 0) is 23.8 Å². The molecular weight excluding hydrogens is 371 g/mol. The molecule has 0 spiro atoms. The van der Waals surface area contributed by atoms with E-state index in [0.717, 1.165) is 12.1 Å². The number of nitrogens with zero attached hydrogens (tertiary/aromatic N) is 2. The fourth-order valence-corrected chi connectivity index (χ4v) is 2.67. The average Bonchev–Trinajstić information content (AvgIpc) is 2.98. The number of halogens is 4. The number of hydrogen-bond donors (Lipinski definition) is 1. The molecule has 0 atom stereocenters. The molecular formula is C17H11Cl2F2N3O. The van der Waals surface area contributed by atoms with Gasteiger partial charge in [0, 0.05) is 6.07 Å². The Morgan fingerprint density at radius 3 is 2.48 bits per heavy atom. The third-order valence-corrected chi connectivity index (χ3v) is 4.36. The molecule has 0 aliphatic rings. The number of carbonyl (C=O) groups is 1. The highest BCUT2D eigenvalue weighted by atomic mass is 35.5. The van der Waals surface area contributed by atoms with E-state index < -0.39 is 23.1 Å². The van der Waals surface area contributed by atoms with Crippen molar-refractivity contribution in [3.05, 3.63) is 81.5 Å². The molecule has 1 N–H and O–H groups in total. The number of hydrogen-bond acceptors (Lipinski definition) is 2. The van der Waals surface area contributed by atoms with Crippen molar-refractivity contribution in [3.8, 4) is 0 Å². The SMILES string of the molecule is O=C(Nc1ccnn1Cc1cccc(Cl)c1Cl)c1c(F)cccc1F. The van der Waals surface area contributed by atoms with Crippen molar-refractivity contribution in [1.29, 1.82) is 0 Å². The summed E-state index contributed by atoms with van der Waals surface area (Å²) in [5, 5.41) is 7.30. The minimum absolute atomic E-state index is 0.224. The Kier molecular flexibility index (Phi) is 5.01. The van der Waals surface area contributed by atoms with Crippen LogP contribution in [0.15, 0.2) is 48.7 Å². The normalized spacial score (nSPS) is 10.7. The Hall–Kier alpha value is -2.44. The van der Waals surface area contributed by atoms with E-state index in [1.54, 1.807) is 18.2 Å². The Morgan fingerprint density at radius 1 is 1.08 bits per heavy atom. The van der Waals surface area contributed by atoms with Crippen molar-refractivity contribution >= 4 is 34.9 Å². The highest BCUT2D eigenvalue weighted by Gasteiger charge is 2.18. The van der Waals surface area contributed by atoms with Crippen LogP contribution in [0, 0.1) is 11.6 Å². The molecule has 0 saturated heterocycles. The molecule has 3 aromatic rings. The smallest absolute Gasteiger partial charge is 0.262 e. The van der Waals surface area contributed by atoms with Crippen LogP contribution in [0.25, 0.3) is 0 Å². The third-order valence-electron chi connectivity index (χ3n) is 3.50. The van der Waals surface area contributed by atoms with E-state index in [1.807, 2.05) is 0 Å². The van der Waals surface area contributed by atoms with Gasteiger partial charge in [0.1, 0.15) is 23.0 Å². The van der Waals surface area contributed by atoms with Crippen molar-refractivity contribution in [2.75, 3.05) is 5.32 Å². The zero-order valence-electron chi connectivity index (χ0n) is 12.6. The second-order valence-electron chi connectivity index (χ2n) is 5.14. The lowest BCUT2D eigenvalue weighted by Crippen LogP contribution is -2.19. The molecule has 1 amide bonds. The molecule has 3 rings (SSSR count). The molecule has 0 aliphatic heterocycles. The second-order valence-corrected chi connectivity index (χ2v) is 5.92. The Morgan fingerprint density at radius 2 is 1.76 bits per heavy atom. The van der Waals surface area contributed by atoms with Gasteiger partial charge in [0.05, 0.1) is 22.8 Å². The largest absolute Gasteiger partial charge is 0.307 e. The maximum Gasteiger partial charge on any atom is 0.262 e. The first kappa shape index (κ1) is 17.4. The van der Waals surface area contributed by atoms with Crippen molar-refractivity contribution in [2.24, 2.45) is 0 Å². The van der Waals surface area contributed by atoms with E-state index in [4.69, 9.17) is 23.2 Å². The number of anilines is 1. The lowest BCUT2D eigenvalue weighted by atomic mass is 10.2. The predicted octanol–water partition coefficient (Wildman–Crippen LogP) is 4.77. The van der Waals surface area contributed by atoms with E-state index in [2.05, 4.69) is 10.4 Å². The summed E-state index contributed by atoms with van der Waals surface area (Å²) in [5.41, 5.74) is 0.0291. The fourth-order valence-electron chi connectivity index (χ4n) is 2.29. The van der Waals surface area contributed by atoms with E-state index in [9.17, 15) is 13.6 Å². The van der Waals surface area contributed by atoms with Gasteiger partial charge in [0.15, 0.2) is 0 Å². The highest BCUT2D eigenvalue weighted by molar-refractivity contribution is 6.42. The first-order valence-electron chi connectivity index (χ1n) is 7.17. The first-order valence-corrected chi connectivity index (χ1v) is 7.93. The predicted molar refractivity (Wildman–Crippen MR) is 92.1 cm³/mol. The molecule has 1 heterocycles. The van der Waals surface area contributed by atoms with Crippen molar-refractivity contribution in [1.82, 2.24) is 9.78 Å². The van der Waals surface area contributed by atoms with Crippen LogP contribution >= 0.6 is 23.2 Å². The summed E-state index contributed by atoms with van der Waals surface area (Å²) < 4.78 is 28.9. The maximum absolute atomic E-state index is 13.7. The summed E-state index contributed by atoms with van der Waals surface area (Å²) >= 11 is 12.1. The van der Waals surface area contributed by atoms with E-state index >= 15 is 0 Å². The minimum atomic E-state index is -0.943. The Balaban J connectivity index is 1.85. The van der Waals surface area contributed by atoms with Crippen LogP contribution in [0.2, 0.25) is 10.0 Å². The number of carbonyl (C=O) groups excluding carboxylic acids is 1. The topological polar surface area (TPSA) is 46.9 Å². The number of benzene rings is 2. The van der Waals surface area contributed by atoms with Gasteiger partial charge < -0.3 is 5.32 Å². The lowest BCUT2D eigenvalue weighted by Gasteiger charge is -2.11. The van der Waals surface area contributed by atoms with Crippen LogP contribution in [-0.2, 0) is 6.54 Å². The van der Waals surface area contributed by atoms with Crippen molar-refractivity contribution < 1.29 is 13.6 Å². The summed E-state index contributed by atoms with van der Waals surface area (Å²) in [6.45, 7) is 0.224. The molecule has 4 nitrogen and oxygen atoms in total. The summed E-state index contributed by atoms with van der Waals surface area (Å²) in [7, 11) is 0. The average molecular weight is 382 g/mol. The summed E-state index contributed by atoms with van der Waals surface area (Å²) in [4.78, 5) is 12.2. The number of nitrogens with one attached hydrogen (secondary N) is 1. The molecule has 1 aromatic heterocycles. The quantitative estimate of drug-likeness (QED) is 0.707. The van der Waals surface area contributed by atoms with Crippen LogP contribution in [0.3, 0.4) is 0 Å². The van der Waals surface area contributed by atoms with Gasteiger partial charge in [0.2, 0.25) is 0 Å². The molecule has 0 unspecified atom stereocenters. The second kappa shape index (κ2) is 7.21. The molecule has 2 aromatic carbocycles. The number of aromatic nitrogens is 2. The Labute approximate surface area is 152 Å². The molecule has 128 valence electrons. The lowest BCUT2D eigenvalue weighted by molar-refractivity contribution is 0.101. The highest BCUT2D eigenvalue weighted by Crippen LogP contribution is 2.26. The maximum atomic E-state index is 13.7. The van der Waals surface area contributed by atoms with Gasteiger partial charge in [-0.1, -0.05) is 41.4 Å². The molecule has 0 saturated carbocycles. The van der Waals surface area contributed by atoms with Gasteiger partial charge in [-0.25, -0.2) is 13.5 Å². The fraction of sp³-hybridized carbons (Fsp3) is 0.0588. The van der Waals surface area contributed by atoms with Gasteiger partial charge >= 0.3 is 0 Å². The third kappa shape index (κ3) is 3.65. The molecule has 25 heavy (non-hydrogen) atoms. The van der Waals surface area contributed by atoms with Gasteiger partial charge in [-0.2, -0.15) is 5.10 Å². The van der Waals surface area contributed by atoms with Crippen molar-refractivity contribution in [3.63, 3.8) is 0 Å². The van der Waals surface area contributed by atoms with Gasteiger partial charge in [-0.3, -0.25) is 4.79 Å². The van der Waals surface area contributed by atoms with E-state index in [0.29, 0.717) is 15.6 Å². The number of rotatable bonds is 4. The zero-order chi connectivity index (χ0) is 18.0. The van der Waals surface area contributed by atoms with Crippen LogP contribution in [0.1, 0.15) is 15.9 Å².